The van der Waals surface area contributed by atoms with Crippen molar-refractivity contribution >= 4 is 21.9 Å². The summed E-state index contributed by atoms with van der Waals surface area (Å²) in [4.78, 5) is 22.4. The Morgan fingerprint density at radius 3 is 2.14 bits per heavy atom. The van der Waals surface area contributed by atoms with Gasteiger partial charge in [-0.05, 0) is 37.6 Å². The molecule has 7 nitrogen and oxygen atoms in total. The summed E-state index contributed by atoms with van der Waals surface area (Å²) in [6.07, 6.45) is 0.0951. The molecule has 8 heteroatoms. The van der Waals surface area contributed by atoms with Gasteiger partial charge in [0.25, 0.3) is 5.91 Å². The van der Waals surface area contributed by atoms with Crippen LogP contribution in [0.4, 0.5) is 0 Å². The van der Waals surface area contributed by atoms with Gasteiger partial charge in [0, 0.05) is 12.6 Å². The average Bonchev–Trinajstić information content (AvgIpc) is 2.45. The lowest BCUT2D eigenvalue weighted by Crippen LogP contribution is -2.51. The molecule has 0 aliphatic carbocycles. The summed E-state index contributed by atoms with van der Waals surface area (Å²) >= 11 is 0. The summed E-state index contributed by atoms with van der Waals surface area (Å²) in [6.45, 7) is 2.87. The van der Waals surface area contributed by atoms with Crippen LogP contribution in [0, 0.1) is 0 Å². The van der Waals surface area contributed by atoms with Gasteiger partial charge in [0.05, 0.1) is 4.90 Å². The molecule has 1 unspecified atom stereocenters. The van der Waals surface area contributed by atoms with E-state index < -0.39 is 21.5 Å². The van der Waals surface area contributed by atoms with Crippen LogP contribution in [0.2, 0.25) is 0 Å². The topological polar surface area (TPSA) is 113 Å². The van der Waals surface area contributed by atoms with Crippen LogP contribution in [0.1, 0.15) is 30.6 Å². The summed E-state index contributed by atoms with van der Waals surface area (Å²) in [5, 5.41) is 11.5. The van der Waals surface area contributed by atoms with Crippen LogP contribution < -0.4 is 10.0 Å². The van der Waals surface area contributed by atoms with E-state index in [0.29, 0.717) is 5.56 Å². The Balaban J connectivity index is 3.09. The van der Waals surface area contributed by atoms with E-state index in [1.165, 1.54) is 38.2 Å². The highest BCUT2D eigenvalue weighted by Gasteiger charge is 2.36. The summed E-state index contributed by atoms with van der Waals surface area (Å²) in [5.41, 5.74) is -1.27. The lowest BCUT2D eigenvalue weighted by atomic mass is 10.0. The molecule has 0 fully saturated rings. The van der Waals surface area contributed by atoms with Crippen LogP contribution >= 0.6 is 0 Å². The zero-order chi connectivity index (χ0) is 16.3. The van der Waals surface area contributed by atoms with E-state index in [9.17, 15) is 18.0 Å². The van der Waals surface area contributed by atoms with Gasteiger partial charge in [-0.25, -0.2) is 8.42 Å². The number of carboxylic acids is 1. The van der Waals surface area contributed by atoms with Gasteiger partial charge >= 0.3 is 5.97 Å². The van der Waals surface area contributed by atoms with E-state index in [-0.39, 0.29) is 17.2 Å². The first kappa shape index (κ1) is 17.1. The monoisotopic (exact) mass is 314 g/mol. The fourth-order valence-electron chi connectivity index (χ4n) is 1.55. The Bertz CT molecular complexity index is 639. The number of carbonyl (C=O) groups is 2. The summed E-state index contributed by atoms with van der Waals surface area (Å²) < 4.78 is 26.5. The second kappa shape index (κ2) is 6.23. The number of carboxylic acid groups (broad SMARTS) is 1. The Labute approximate surface area is 123 Å². The highest BCUT2D eigenvalue weighted by Crippen LogP contribution is 2.17. The van der Waals surface area contributed by atoms with Crippen molar-refractivity contribution in [2.24, 2.45) is 0 Å². The summed E-state index contributed by atoms with van der Waals surface area (Å²) in [6, 6.07) is 5.23. The number of benzene rings is 1. The maximum atomic E-state index is 12.2. The number of aliphatic carboxylic acids is 1. The highest BCUT2D eigenvalue weighted by molar-refractivity contribution is 7.89. The molecule has 0 aliphatic rings. The molecule has 21 heavy (non-hydrogen) atoms. The molecular formula is C13H18N2O5S. The molecule has 0 saturated carbocycles. The van der Waals surface area contributed by atoms with Crippen molar-refractivity contribution < 1.29 is 23.1 Å². The molecule has 0 aromatic heterocycles. The Hall–Kier alpha value is -1.93. The first-order chi connectivity index (χ1) is 9.66. The van der Waals surface area contributed by atoms with Crippen molar-refractivity contribution in [3.05, 3.63) is 29.8 Å². The molecule has 1 atom stereocenters. The number of sulfonamides is 1. The van der Waals surface area contributed by atoms with Gasteiger partial charge in [0.1, 0.15) is 5.54 Å². The van der Waals surface area contributed by atoms with Crippen LogP contribution in [0.25, 0.3) is 0 Å². The fourth-order valence-corrected chi connectivity index (χ4v) is 2.99. The molecule has 0 aliphatic heterocycles. The minimum Gasteiger partial charge on any atom is -0.480 e. The number of amides is 1. The zero-order valence-electron chi connectivity index (χ0n) is 12.0. The minimum atomic E-state index is -3.99. The maximum Gasteiger partial charge on any atom is 0.324 e. The number of hydrogen-bond donors (Lipinski definition) is 3. The van der Waals surface area contributed by atoms with Crippen molar-refractivity contribution in [1.82, 2.24) is 10.0 Å². The van der Waals surface area contributed by atoms with E-state index in [2.05, 4.69) is 10.0 Å². The predicted molar refractivity (Wildman–Crippen MR) is 76.5 cm³/mol. The SMILES string of the molecule is CCC(C)(NS(=O)(=O)c1ccc(C(=O)NC)cc1)C(=O)O. The third-order valence-corrected chi connectivity index (χ3v) is 4.80. The van der Waals surface area contributed by atoms with Crippen LogP contribution in [-0.2, 0) is 14.8 Å². The second-order valence-electron chi connectivity index (χ2n) is 4.70. The summed E-state index contributed by atoms with van der Waals surface area (Å²) in [7, 11) is -2.52. The normalized spacial score (nSPS) is 14.2. The van der Waals surface area contributed by atoms with E-state index in [1.54, 1.807) is 6.92 Å². The predicted octanol–water partition coefficient (Wildman–Crippen LogP) is 0.578. The van der Waals surface area contributed by atoms with Crippen molar-refractivity contribution in [3.63, 3.8) is 0 Å². The van der Waals surface area contributed by atoms with E-state index in [4.69, 9.17) is 5.11 Å². The van der Waals surface area contributed by atoms with Crippen molar-refractivity contribution in [1.29, 1.82) is 0 Å². The van der Waals surface area contributed by atoms with Crippen LogP contribution in [0.15, 0.2) is 29.2 Å². The molecule has 116 valence electrons. The molecule has 0 bridgehead atoms. The zero-order valence-corrected chi connectivity index (χ0v) is 12.8. The van der Waals surface area contributed by atoms with E-state index in [0.717, 1.165) is 0 Å². The first-order valence-corrected chi connectivity index (χ1v) is 7.74. The Morgan fingerprint density at radius 2 is 1.76 bits per heavy atom. The molecule has 0 heterocycles. The molecule has 1 aromatic carbocycles. The third kappa shape index (κ3) is 3.79. The molecule has 3 N–H and O–H groups in total. The fraction of sp³-hybridized carbons (Fsp3) is 0.385. The van der Waals surface area contributed by atoms with Gasteiger partial charge in [-0.2, -0.15) is 4.72 Å². The van der Waals surface area contributed by atoms with Crippen LogP contribution in [-0.4, -0.2) is 38.0 Å². The molecule has 0 spiro atoms. The van der Waals surface area contributed by atoms with Crippen molar-refractivity contribution in [2.75, 3.05) is 7.05 Å². The molecule has 1 aromatic rings. The molecule has 0 radical (unpaired) electrons. The van der Waals surface area contributed by atoms with Crippen LogP contribution in [0.5, 0.6) is 0 Å². The van der Waals surface area contributed by atoms with Crippen molar-refractivity contribution in [2.45, 2.75) is 30.7 Å². The lowest BCUT2D eigenvalue weighted by molar-refractivity contribution is -0.143. The average molecular weight is 314 g/mol. The number of rotatable bonds is 6. The minimum absolute atomic E-state index is 0.0951. The van der Waals surface area contributed by atoms with Gasteiger partial charge < -0.3 is 10.4 Å². The molecule has 0 saturated heterocycles. The number of hydrogen-bond acceptors (Lipinski definition) is 4. The highest BCUT2D eigenvalue weighted by atomic mass is 32.2. The van der Waals surface area contributed by atoms with Gasteiger partial charge in [-0.1, -0.05) is 6.92 Å². The van der Waals surface area contributed by atoms with E-state index in [1.807, 2.05) is 0 Å². The second-order valence-corrected chi connectivity index (χ2v) is 6.38. The molecular weight excluding hydrogens is 296 g/mol. The third-order valence-electron chi connectivity index (χ3n) is 3.19. The largest absolute Gasteiger partial charge is 0.480 e. The molecule has 1 rings (SSSR count). The first-order valence-electron chi connectivity index (χ1n) is 6.26. The lowest BCUT2D eigenvalue weighted by Gasteiger charge is -2.24. The van der Waals surface area contributed by atoms with Gasteiger partial charge in [-0.15, -0.1) is 0 Å². The van der Waals surface area contributed by atoms with E-state index >= 15 is 0 Å². The maximum absolute atomic E-state index is 12.2. The molecule has 1 amide bonds. The van der Waals surface area contributed by atoms with Crippen LogP contribution in [0.3, 0.4) is 0 Å². The van der Waals surface area contributed by atoms with Gasteiger partial charge in [0.2, 0.25) is 10.0 Å². The standard InChI is InChI=1S/C13H18N2O5S/c1-4-13(2,12(17)18)15-21(19,20)10-7-5-9(6-8-10)11(16)14-3/h5-8,15H,4H2,1-3H3,(H,14,16)(H,17,18). The quantitative estimate of drug-likeness (QED) is 0.711. The number of carbonyl (C=O) groups excluding carboxylic acids is 1. The smallest absolute Gasteiger partial charge is 0.324 e. The Morgan fingerprint density at radius 1 is 1.24 bits per heavy atom. The Kier molecular flexibility index (Phi) is 5.08. The summed E-state index contributed by atoms with van der Waals surface area (Å²) in [5.74, 6) is -1.59. The van der Waals surface area contributed by atoms with Crippen molar-refractivity contribution in [3.8, 4) is 0 Å². The van der Waals surface area contributed by atoms with Gasteiger partial charge in [0.15, 0.2) is 0 Å². The van der Waals surface area contributed by atoms with Gasteiger partial charge in [-0.3, -0.25) is 9.59 Å². The number of nitrogens with one attached hydrogen (secondary N) is 2.